The van der Waals surface area contributed by atoms with Gasteiger partial charge in [-0.25, -0.2) is 4.98 Å². The van der Waals surface area contributed by atoms with E-state index in [9.17, 15) is 0 Å². The Morgan fingerprint density at radius 3 is 3.00 bits per heavy atom. The van der Waals surface area contributed by atoms with Crippen LogP contribution in [0.5, 0.6) is 0 Å². The van der Waals surface area contributed by atoms with Gasteiger partial charge in [0.05, 0.1) is 37.4 Å². The van der Waals surface area contributed by atoms with E-state index in [1.807, 2.05) is 43.1 Å². The molecule has 3 aromatic heterocycles. The van der Waals surface area contributed by atoms with Gasteiger partial charge in [-0.2, -0.15) is 5.10 Å². The molecule has 4 rings (SSSR count). The molecule has 132 valence electrons. The van der Waals surface area contributed by atoms with E-state index < -0.39 is 0 Å². The number of oxazole rings is 1. The van der Waals surface area contributed by atoms with Crippen LogP contribution in [0, 0.1) is 13.8 Å². The third-order valence-electron chi connectivity index (χ3n) is 4.37. The molecule has 0 aromatic carbocycles. The van der Waals surface area contributed by atoms with Crippen molar-refractivity contribution in [1.82, 2.24) is 19.7 Å². The molecule has 0 amide bonds. The largest absolute Gasteiger partial charge is 0.459 e. The molecule has 1 aliphatic heterocycles. The monoisotopic (exact) mass is 342 g/mol. The highest BCUT2D eigenvalue weighted by atomic mass is 16.5. The Balaban J connectivity index is 1.40. The van der Waals surface area contributed by atoms with E-state index in [-0.39, 0.29) is 6.10 Å². The average Bonchev–Trinajstić information content (AvgIpc) is 3.31. The summed E-state index contributed by atoms with van der Waals surface area (Å²) in [6.45, 7) is 7.94. The van der Waals surface area contributed by atoms with E-state index in [1.54, 1.807) is 6.26 Å². The minimum absolute atomic E-state index is 0.129. The molecule has 0 aliphatic carbocycles. The van der Waals surface area contributed by atoms with Gasteiger partial charge in [-0.3, -0.25) is 9.58 Å². The number of aryl methyl sites for hydroxylation is 2. The highest BCUT2D eigenvalue weighted by molar-refractivity contribution is 5.44. The topological polar surface area (TPSA) is 69.5 Å². The number of aromatic nitrogens is 3. The van der Waals surface area contributed by atoms with Crippen LogP contribution in [0.25, 0.3) is 11.7 Å². The van der Waals surface area contributed by atoms with Crippen molar-refractivity contribution in [2.75, 3.05) is 19.7 Å². The summed E-state index contributed by atoms with van der Waals surface area (Å²) in [5.74, 6) is 2.02. The first kappa shape index (κ1) is 16.1. The highest BCUT2D eigenvalue weighted by Gasteiger charge is 2.23. The third kappa shape index (κ3) is 3.67. The number of furan rings is 1. The second-order valence-corrected chi connectivity index (χ2v) is 6.47. The number of ether oxygens (including phenoxy) is 1. The van der Waals surface area contributed by atoms with Crippen LogP contribution < -0.4 is 0 Å². The van der Waals surface area contributed by atoms with Crippen molar-refractivity contribution in [3.05, 3.63) is 47.8 Å². The molecule has 4 heterocycles. The maximum absolute atomic E-state index is 5.89. The molecule has 1 fully saturated rings. The molecule has 3 aromatic rings. The molecule has 0 spiro atoms. The van der Waals surface area contributed by atoms with Gasteiger partial charge in [0.1, 0.15) is 5.76 Å². The molecule has 1 unspecified atom stereocenters. The van der Waals surface area contributed by atoms with E-state index in [0.717, 1.165) is 43.2 Å². The van der Waals surface area contributed by atoms with Crippen LogP contribution in [-0.4, -0.2) is 45.5 Å². The molecule has 0 saturated carbocycles. The van der Waals surface area contributed by atoms with Gasteiger partial charge < -0.3 is 13.6 Å². The van der Waals surface area contributed by atoms with Gasteiger partial charge in [0.25, 0.3) is 5.89 Å². The van der Waals surface area contributed by atoms with Gasteiger partial charge in [-0.1, -0.05) is 0 Å². The van der Waals surface area contributed by atoms with Crippen LogP contribution in [0.4, 0.5) is 0 Å². The number of rotatable bonds is 5. The average molecular weight is 342 g/mol. The van der Waals surface area contributed by atoms with Gasteiger partial charge in [0.15, 0.2) is 5.76 Å². The molecule has 1 atom stereocenters. The molecule has 0 N–H and O–H groups in total. The highest BCUT2D eigenvalue weighted by Crippen LogP contribution is 2.23. The first-order valence-electron chi connectivity index (χ1n) is 8.50. The fourth-order valence-electron chi connectivity index (χ4n) is 3.10. The quantitative estimate of drug-likeness (QED) is 0.710. The molecule has 0 radical (unpaired) electrons. The summed E-state index contributed by atoms with van der Waals surface area (Å²) in [5, 5.41) is 4.35. The summed E-state index contributed by atoms with van der Waals surface area (Å²) >= 11 is 0. The van der Waals surface area contributed by atoms with Gasteiger partial charge >= 0.3 is 0 Å². The molecule has 7 nitrogen and oxygen atoms in total. The fraction of sp³-hybridized carbons (Fsp3) is 0.444. The van der Waals surface area contributed by atoms with Gasteiger partial charge in [0.2, 0.25) is 0 Å². The summed E-state index contributed by atoms with van der Waals surface area (Å²) in [7, 11) is 0. The number of nitrogens with zero attached hydrogens (tertiary/aromatic N) is 4. The third-order valence-corrected chi connectivity index (χ3v) is 4.37. The molecule has 1 aliphatic rings. The second-order valence-electron chi connectivity index (χ2n) is 6.47. The van der Waals surface area contributed by atoms with Crippen LogP contribution in [-0.2, 0) is 17.8 Å². The molecule has 7 heteroatoms. The first-order valence-corrected chi connectivity index (χ1v) is 8.50. The van der Waals surface area contributed by atoms with Gasteiger partial charge in [0, 0.05) is 25.8 Å². The summed E-state index contributed by atoms with van der Waals surface area (Å²) in [6, 6.07) is 3.68. The Bertz CT molecular complexity index is 821. The van der Waals surface area contributed by atoms with Crippen molar-refractivity contribution in [3.8, 4) is 11.7 Å². The lowest BCUT2D eigenvalue weighted by Gasteiger charge is -2.32. The normalized spacial score (nSPS) is 18.7. The van der Waals surface area contributed by atoms with E-state index >= 15 is 0 Å². The van der Waals surface area contributed by atoms with E-state index in [2.05, 4.69) is 15.0 Å². The molecular weight excluding hydrogens is 320 g/mol. The van der Waals surface area contributed by atoms with Crippen molar-refractivity contribution in [3.63, 3.8) is 0 Å². The standard InChI is InChI=1S/C18H22N4O3/c1-13-8-19-22(9-13)11-15-10-21(5-7-23-15)12-16-14(2)25-18(20-16)17-4-3-6-24-17/h3-4,6,8-9,15H,5,7,10-12H2,1-2H3. The Labute approximate surface area is 146 Å². The minimum Gasteiger partial charge on any atom is -0.459 e. The van der Waals surface area contributed by atoms with E-state index in [4.69, 9.17) is 13.6 Å². The van der Waals surface area contributed by atoms with Crippen LogP contribution in [0.3, 0.4) is 0 Å². The summed E-state index contributed by atoms with van der Waals surface area (Å²) < 4.78 is 18.9. The maximum atomic E-state index is 5.89. The number of hydrogen-bond acceptors (Lipinski definition) is 6. The first-order chi connectivity index (χ1) is 12.2. The van der Waals surface area contributed by atoms with Crippen LogP contribution >= 0.6 is 0 Å². The van der Waals surface area contributed by atoms with Crippen LogP contribution in [0.15, 0.2) is 39.6 Å². The maximum Gasteiger partial charge on any atom is 0.263 e. The molecule has 0 bridgehead atoms. The van der Waals surface area contributed by atoms with Crippen molar-refractivity contribution in [2.45, 2.75) is 33.0 Å². The lowest BCUT2D eigenvalue weighted by atomic mass is 10.2. The Morgan fingerprint density at radius 1 is 1.32 bits per heavy atom. The predicted octanol–water partition coefficient (Wildman–Crippen LogP) is 2.65. The lowest BCUT2D eigenvalue weighted by molar-refractivity contribution is -0.0406. The SMILES string of the molecule is Cc1cnn(CC2CN(Cc3nc(-c4ccco4)oc3C)CCO2)c1. The zero-order valence-electron chi connectivity index (χ0n) is 14.5. The van der Waals surface area contributed by atoms with Crippen molar-refractivity contribution in [2.24, 2.45) is 0 Å². The van der Waals surface area contributed by atoms with E-state index in [0.29, 0.717) is 18.3 Å². The fourth-order valence-corrected chi connectivity index (χ4v) is 3.10. The number of hydrogen-bond donors (Lipinski definition) is 0. The molecule has 25 heavy (non-hydrogen) atoms. The lowest BCUT2D eigenvalue weighted by Crippen LogP contribution is -2.43. The van der Waals surface area contributed by atoms with Gasteiger partial charge in [-0.05, 0) is 31.5 Å². The zero-order valence-corrected chi connectivity index (χ0v) is 14.5. The van der Waals surface area contributed by atoms with Crippen molar-refractivity contribution >= 4 is 0 Å². The number of morpholine rings is 1. The van der Waals surface area contributed by atoms with E-state index in [1.165, 1.54) is 0 Å². The van der Waals surface area contributed by atoms with Crippen LogP contribution in [0.2, 0.25) is 0 Å². The molecule has 1 saturated heterocycles. The predicted molar refractivity (Wildman–Crippen MR) is 90.9 cm³/mol. The second kappa shape index (κ2) is 6.85. The van der Waals surface area contributed by atoms with Gasteiger partial charge in [-0.15, -0.1) is 0 Å². The van der Waals surface area contributed by atoms with Crippen molar-refractivity contribution in [1.29, 1.82) is 0 Å². The Kier molecular flexibility index (Phi) is 4.42. The summed E-state index contributed by atoms with van der Waals surface area (Å²) in [4.78, 5) is 6.95. The summed E-state index contributed by atoms with van der Waals surface area (Å²) in [5.41, 5.74) is 2.11. The van der Waals surface area contributed by atoms with Crippen LogP contribution in [0.1, 0.15) is 17.0 Å². The Morgan fingerprint density at radius 2 is 2.24 bits per heavy atom. The Hall–Kier alpha value is -2.38. The summed E-state index contributed by atoms with van der Waals surface area (Å²) in [6.07, 6.45) is 5.66. The smallest absolute Gasteiger partial charge is 0.263 e. The minimum atomic E-state index is 0.129. The van der Waals surface area contributed by atoms with Crippen molar-refractivity contribution < 1.29 is 13.6 Å². The molecular formula is C18H22N4O3. The zero-order chi connectivity index (χ0) is 17.2.